The Morgan fingerprint density at radius 1 is 1.23 bits per heavy atom. The predicted molar refractivity (Wildman–Crippen MR) is 104 cm³/mol. The Kier molecular flexibility index (Phi) is 9.13. The van der Waals surface area contributed by atoms with Gasteiger partial charge in [0.2, 0.25) is 0 Å². The molecule has 5 unspecified atom stereocenters. The van der Waals surface area contributed by atoms with Gasteiger partial charge in [0, 0.05) is 18.8 Å². The summed E-state index contributed by atoms with van der Waals surface area (Å²) in [5.41, 5.74) is 0. The summed E-state index contributed by atoms with van der Waals surface area (Å²) in [6.45, 7) is 2.19. The Hall–Kier alpha value is -1.39. The molecule has 1 aliphatic heterocycles. The lowest BCUT2D eigenvalue weighted by Crippen LogP contribution is -2.23. The highest BCUT2D eigenvalue weighted by Crippen LogP contribution is 2.46. The lowest BCUT2D eigenvalue weighted by Gasteiger charge is -2.19. The number of esters is 1. The molecule has 4 heteroatoms. The van der Waals surface area contributed by atoms with Gasteiger partial charge in [0.25, 0.3) is 0 Å². The fourth-order valence-corrected chi connectivity index (χ4v) is 3.47. The highest BCUT2D eigenvalue weighted by atomic mass is 16.5. The number of cyclic esters (lactones) is 1. The van der Waals surface area contributed by atoms with Crippen LogP contribution < -0.4 is 0 Å². The first kappa shape index (κ1) is 20.9. The van der Waals surface area contributed by atoms with Crippen molar-refractivity contribution in [2.45, 2.75) is 83.0 Å². The van der Waals surface area contributed by atoms with Gasteiger partial charge in [-0.05, 0) is 38.0 Å². The van der Waals surface area contributed by atoms with Gasteiger partial charge in [-0.2, -0.15) is 0 Å². The first-order valence-corrected chi connectivity index (χ1v) is 10.2. The summed E-state index contributed by atoms with van der Waals surface area (Å²) in [7, 11) is 0. The smallest absolute Gasteiger partial charge is 0.306 e. The predicted octanol–water partition coefficient (Wildman–Crippen LogP) is 4.08. The molecule has 0 spiro atoms. The van der Waals surface area contributed by atoms with Gasteiger partial charge in [0.1, 0.15) is 6.10 Å². The van der Waals surface area contributed by atoms with Crippen molar-refractivity contribution in [3.63, 3.8) is 0 Å². The Bertz CT molecular complexity index is 508. The minimum atomic E-state index is -0.587. The van der Waals surface area contributed by atoms with Crippen molar-refractivity contribution in [2.75, 3.05) is 0 Å². The van der Waals surface area contributed by atoms with Crippen molar-refractivity contribution in [3.8, 4) is 0 Å². The molecule has 0 saturated heterocycles. The van der Waals surface area contributed by atoms with Gasteiger partial charge in [-0.1, -0.05) is 56.2 Å². The molecule has 0 aromatic carbocycles. The number of ether oxygens (including phenoxy) is 1. The van der Waals surface area contributed by atoms with E-state index >= 15 is 0 Å². The van der Waals surface area contributed by atoms with Gasteiger partial charge < -0.3 is 14.9 Å². The molecule has 0 bridgehead atoms. The molecule has 2 aliphatic rings. The zero-order chi connectivity index (χ0) is 18.8. The Morgan fingerprint density at radius 2 is 2.08 bits per heavy atom. The molecule has 0 amide bonds. The molecule has 0 aromatic rings. The zero-order valence-electron chi connectivity index (χ0n) is 15.9. The third-order valence-electron chi connectivity index (χ3n) is 5.19. The fraction of sp³-hybridized carbons (Fsp3) is 0.682. The molecular formula is C22H34O4. The second-order valence-electron chi connectivity index (χ2n) is 7.48. The number of unbranched alkanes of at least 4 members (excludes halogenated alkanes) is 3. The van der Waals surface area contributed by atoms with Crippen LogP contribution in [0.15, 0.2) is 36.5 Å². The lowest BCUT2D eigenvalue weighted by molar-refractivity contribution is -0.150. The Labute approximate surface area is 157 Å². The molecule has 1 aliphatic carbocycles. The number of carbonyl (C=O) groups is 1. The minimum absolute atomic E-state index is 0.119. The Balaban J connectivity index is 1.70. The molecule has 26 heavy (non-hydrogen) atoms. The molecule has 0 radical (unpaired) electrons. The van der Waals surface area contributed by atoms with Crippen LogP contribution >= 0.6 is 0 Å². The fourth-order valence-electron chi connectivity index (χ4n) is 3.47. The van der Waals surface area contributed by atoms with E-state index < -0.39 is 12.2 Å². The topological polar surface area (TPSA) is 66.8 Å². The largest absolute Gasteiger partial charge is 0.462 e. The van der Waals surface area contributed by atoms with Crippen molar-refractivity contribution >= 4 is 5.97 Å². The summed E-state index contributed by atoms with van der Waals surface area (Å²) in [5.74, 6) is 0.196. The molecule has 0 aromatic heterocycles. The molecular weight excluding hydrogens is 328 g/mol. The van der Waals surface area contributed by atoms with E-state index in [1.165, 1.54) is 19.3 Å². The zero-order valence-corrected chi connectivity index (χ0v) is 15.9. The summed E-state index contributed by atoms with van der Waals surface area (Å²) in [6.07, 6.45) is 18.4. The van der Waals surface area contributed by atoms with Crippen LogP contribution in [0.2, 0.25) is 0 Å². The molecule has 2 rings (SSSR count). The van der Waals surface area contributed by atoms with Crippen molar-refractivity contribution in [3.05, 3.63) is 36.5 Å². The second kappa shape index (κ2) is 11.3. The van der Waals surface area contributed by atoms with Crippen LogP contribution in [-0.4, -0.2) is 34.5 Å². The molecule has 146 valence electrons. The average Bonchev–Trinajstić information content (AvgIpc) is 3.39. The van der Waals surface area contributed by atoms with Gasteiger partial charge in [0.05, 0.1) is 12.2 Å². The number of hydrogen-bond donors (Lipinski definition) is 2. The summed E-state index contributed by atoms with van der Waals surface area (Å²) in [5, 5.41) is 20.3. The molecule has 1 fully saturated rings. The summed E-state index contributed by atoms with van der Waals surface area (Å²) in [6, 6.07) is 0. The quantitative estimate of drug-likeness (QED) is 0.349. The lowest BCUT2D eigenvalue weighted by atomic mass is 10.0. The van der Waals surface area contributed by atoms with Gasteiger partial charge in [-0.25, -0.2) is 0 Å². The first-order valence-electron chi connectivity index (χ1n) is 10.2. The van der Waals surface area contributed by atoms with E-state index in [1.54, 1.807) is 12.2 Å². The van der Waals surface area contributed by atoms with E-state index in [0.717, 1.165) is 25.7 Å². The number of rotatable bonds is 10. The van der Waals surface area contributed by atoms with E-state index in [0.29, 0.717) is 12.8 Å². The van der Waals surface area contributed by atoms with Gasteiger partial charge in [-0.15, -0.1) is 0 Å². The van der Waals surface area contributed by atoms with E-state index in [1.807, 2.05) is 12.2 Å². The van der Waals surface area contributed by atoms with E-state index in [4.69, 9.17) is 4.74 Å². The summed E-state index contributed by atoms with van der Waals surface area (Å²) in [4.78, 5) is 11.7. The van der Waals surface area contributed by atoms with Gasteiger partial charge in [0.15, 0.2) is 0 Å². The Morgan fingerprint density at radius 3 is 2.88 bits per heavy atom. The van der Waals surface area contributed by atoms with E-state index in [-0.39, 0.29) is 23.9 Å². The maximum Gasteiger partial charge on any atom is 0.306 e. The number of aliphatic hydroxyl groups excluding tert-OH is 2. The maximum absolute atomic E-state index is 11.7. The SMILES string of the molecule is CCCCCC=CCC(O)C=CC(O)C1CC1C1CC=CCCC(=O)O1. The number of aliphatic hydroxyl groups is 2. The highest BCUT2D eigenvalue weighted by Gasteiger charge is 2.47. The monoisotopic (exact) mass is 362 g/mol. The van der Waals surface area contributed by atoms with Crippen molar-refractivity contribution in [1.29, 1.82) is 0 Å². The van der Waals surface area contributed by atoms with Crippen LogP contribution in [0.25, 0.3) is 0 Å². The number of carbonyl (C=O) groups excluding carboxylic acids is 1. The molecule has 1 heterocycles. The summed E-state index contributed by atoms with van der Waals surface area (Å²) >= 11 is 0. The van der Waals surface area contributed by atoms with E-state index in [2.05, 4.69) is 19.1 Å². The number of allylic oxidation sites excluding steroid dienone is 2. The summed E-state index contributed by atoms with van der Waals surface area (Å²) < 4.78 is 5.53. The number of hydrogen-bond acceptors (Lipinski definition) is 4. The van der Waals surface area contributed by atoms with Crippen molar-refractivity contribution in [2.24, 2.45) is 11.8 Å². The van der Waals surface area contributed by atoms with Crippen LogP contribution in [0, 0.1) is 11.8 Å². The van der Waals surface area contributed by atoms with Crippen LogP contribution in [0.5, 0.6) is 0 Å². The van der Waals surface area contributed by atoms with Crippen molar-refractivity contribution in [1.82, 2.24) is 0 Å². The van der Waals surface area contributed by atoms with Gasteiger partial charge in [-0.3, -0.25) is 4.79 Å². The van der Waals surface area contributed by atoms with Gasteiger partial charge >= 0.3 is 5.97 Å². The van der Waals surface area contributed by atoms with Crippen LogP contribution in [0.1, 0.15) is 64.7 Å². The minimum Gasteiger partial charge on any atom is -0.462 e. The van der Waals surface area contributed by atoms with E-state index in [9.17, 15) is 15.0 Å². The molecule has 5 atom stereocenters. The highest BCUT2D eigenvalue weighted by molar-refractivity contribution is 5.70. The molecule has 2 N–H and O–H groups in total. The standard InChI is InChI=1S/C22H34O4/c1-2-3-4-5-6-8-11-17(23)14-15-20(24)18-16-19(18)21-12-9-7-10-13-22(25)26-21/h6-9,14-15,17-21,23-24H,2-5,10-13,16H2,1H3. The first-order chi connectivity index (χ1) is 12.6. The third-order valence-corrected chi connectivity index (χ3v) is 5.19. The molecule has 1 saturated carbocycles. The average molecular weight is 363 g/mol. The maximum atomic E-state index is 11.7. The van der Waals surface area contributed by atoms with Crippen LogP contribution in [-0.2, 0) is 9.53 Å². The third kappa shape index (κ3) is 7.46. The van der Waals surface area contributed by atoms with Crippen molar-refractivity contribution < 1.29 is 19.7 Å². The van der Waals surface area contributed by atoms with Crippen LogP contribution in [0.3, 0.4) is 0 Å². The second-order valence-corrected chi connectivity index (χ2v) is 7.48. The normalized spacial score (nSPS) is 28.7. The van der Waals surface area contributed by atoms with Crippen LogP contribution in [0.4, 0.5) is 0 Å². The molecule has 4 nitrogen and oxygen atoms in total.